The largest absolute Gasteiger partial charge is 0.479 e. The summed E-state index contributed by atoms with van der Waals surface area (Å²) in [6.45, 7) is 3.82. The van der Waals surface area contributed by atoms with Crippen LogP contribution in [0.4, 0.5) is 5.95 Å². The Morgan fingerprint density at radius 3 is 2.53 bits per heavy atom. The van der Waals surface area contributed by atoms with Crippen LogP contribution in [0.15, 0.2) is 6.33 Å². The van der Waals surface area contributed by atoms with Crippen LogP contribution in [-0.4, -0.2) is 103 Å². The van der Waals surface area contributed by atoms with Crippen molar-refractivity contribution in [2.45, 2.75) is 127 Å². The van der Waals surface area contributed by atoms with E-state index in [4.69, 9.17) is 29.3 Å². The fraction of sp³-hybridized carbons (Fsp3) is 0.759. The first kappa shape index (κ1) is 35.5. The van der Waals surface area contributed by atoms with E-state index in [0.717, 1.165) is 49.8 Å². The number of imidazole rings is 1. The smallest absolute Gasteiger partial charge is 0.367 e. The molecule has 18 heteroatoms. The number of hydroxylamine groups is 1. The highest BCUT2D eigenvalue weighted by Gasteiger charge is 2.54. The third-order valence-corrected chi connectivity index (χ3v) is 11.1. The number of carbonyl (C=O) groups excluding carboxylic acids is 2. The molecule has 2 aromatic heterocycles. The van der Waals surface area contributed by atoms with Crippen LogP contribution in [0.2, 0.25) is 0 Å². The fourth-order valence-corrected chi connectivity index (χ4v) is 8.30. The number of ether oxygens (including phenoxy) is 3. The third-order valence-electron chi connectivity index (χ3n) is 8.93. The second kappa shape index (κ2) is 14.8. The van der Waals surface area contributed by atoms with Crippen LogP contribution in [0.5, 0.6) is 5.88 Å². The molecule has 1 saturated heterocycles. The summed E-state index contributed by atoms with van der Waals surface area (Å²) < 4.78 is 39.2. The zero-order valence-corrected chi connectivity index (χ0v) is 28.1. The molecule has 0 bridgehead atoms. The van der Waals surface area contributed by atoms with Crippen molar-refractivity contribution in [2.24, 2.45) is 0 Å². The maximum absolute atomic E-state index is 14.8. The molecule has 17 nitrogen and oxygen atoms in total. The molecule has 0 radical (unpaired) electrons. The van der Waals surface area contributed by atoms with Crippen LogP contribution in [0.25, 0.3) is 11.2 Å². The van der Waals surface area contributed by atoms with Crippen LogP contribution in [0.1, 0.15) is 84.8 Å². The molecule has 5 N–H and O–H groups in total. The van der Waals surface area contributed by atoms with Crippen molar-refractivity contribution in [3.63, 3.8) is 0 Å². The molecule has 2 saturated carbocycles. The molecule has 3 heterocycles. The van der Waals surface area contributed by atoms with Gasteiger partial charge < -0.3 is 39.5 Å². The Morgan fingerprint density at radius 1 is 1.21 bits per heavy atom. The van der Waals surface area contributed by atoms with Crippen LogP contribution in [-0.2, 0) is 33.0 Å². The summed E-state index contributed by atoms with van der Waals surface area (Å²) in [5.74, 6) is -0.618. The Hall–Kier alpha value is -2.76. The van der Waals surface area contributed by atoms with E-state index in [1.54, 1.807) is 0 Å². The number of nitrogen functional groups attached to an aromatic ring is 1. The first-order valence-corrected chi connectivity index (χ1v) is 17.7. The van der Waals surface area contributed by atoms with E-state index >= 15 is 0 Å². The molecule has 1 aliphatic heterocycles. The highest BCUT2D eigenvalue weighted by Crippen LogP contribution is 2.51. The molecule has 0 aromatic carbocycles. The van der Waals surface area contributed by atoms with E-state index < -0.39 is 56.4 Å². The molecule has 3 aliphatic rings. The lowest BCUT2D eigenvalue weighted by Gasteiger charge is -2.36. The maximum atomic E-state index is 14.8. The zero-order chi connectivity index (χ0) is 33.9. The van der Waals surface area contributed by atoms with Crippen molar-refractivity contribution in [3.05, 3.63) is 6.33 Å². The lowest BCUT2D eigenvalue weighted by molar-refractivity contribution is -0.166. The molecule has 3 unspecified atom stereocenters. The van der Waals surface area contributed by atoms with E-state index in [0.29, 0.717) is 19.1 Å². The fourth-order valence-electron chi connectivity index (χ4n) is 6.27. The number of nitrogens with two attached hydrogens (primary N) is 1. The number of hydrogen-bond donors (Lipinski definition) is 4. The van der Waals surface area contributed by atoms with E-state index in [-0.39, 0.29) is 35.2 Å². The molecule has 2 aromatic rings. The van der Waals surface area contributed by atoms with Gasteiger partial charge in [-0.15, -0.1) is 0 Å². The number of nitrogens with zero attached hydrogens (tertiary/aromatic N) is 5. The Bertz CT molecular complexity index is 1450. The minimum Gasteiger partial charge on any atom is -0.479 e. The van der Waals surface area contributed by atoms with Crippen molar-refractivity contribution in [1.29, 1.82) is 0 Å². The van der Waals surface area contributed by atoms with Gasteiger partial charge in [0.05, 0.1) is 32.2 Å². The molecule has 0 spiro atoms. The predicted molar refractivity (Wildman–Crippen MR) is 167 cm³/mol. The van der Waals surface area contributed by atoms with E-state index in [1.807, 2.05) is 0 Å². The van der Waals surface area contributed by atoms with Crippen LogP contribution < -0.4 is 15.6 Å². The average Bonchev–Trinajstić information content (AvgIpc) is 3.77. The van der Waals surface area contributed by atoms with Gasteiger partial charge in [0.2, 0.25) is 11.8 Å². The normalized spacial score (nSPS) is 28.4. The van der Waals surface area contributed by atoms with E-state index in [9.17, 15) is 24.4 Å². The number of aliphatic hydroxyl groups is 2. The van der Waals surface area contributed by atoms with Gasteiger partial charge in [0.15, 0.2) is 17.4 Å². The molecule has 47 heavy (non-hydrogen) atoms. The van der Waals surface area contributed by atoms with Crippen molar-refractivity contribution in [3.8, 4) is 5.88 Å². The second-order valence-electron chi connectivity index (χ2n) is 12.7. The molecular formula is C29H46N7O10P. The second-order valence-corrected chi connectivity index (χ2v) is 14.6. The number of rotatable bonds is 14. The summed E-state index contributed by atoms with van der Waals surface area (Å²) in [6, 6.07) is -2.16. The number of carbonyl (C=O) groups is 2. The summed E-state index contributed by atoms with van der Waals surface area (Å²) in [5, 5.41) is 25.4. The molecule has 0 amide bonds. The van der Waals surface area contributed by atoms with Crippen molar-refractivity contribution in [1.82, 2.24) is 29.4 Å². The zero-order valence-electron chi connectivity index (χ0n) is 27.2. The standard InChI is InChI=1S/C29H46N7O10P/c1-17(14-37)36(46-20-12-8-9-13-20)47(41,34-18(2)26(39)44-19-10-6-5-7-11-19)43-15-21-23(38)29(3,40)27(45-21)35-16-31-22-24(35)32-28(30)33-25(22)42-4/h14,16-21,23,27,38,40H,5-13,15H2,1-4H3,(H,34,41)(H2,30,32,33)/t17?,18?,21-,23-,27-,29-,47?/m1/s1. The number of methoxy groups -OCH3 is 1. The summed E-state index contributed by atoms with van der Waals surface area (Å²) in [6.07, 6.45) is 4.99. The van der Waals surface area contributed by atoms with Gasteiger partial charge in [-0.2, -0.15) is 9.97 Å². The molecule has 2 aliphatic carbocycles. The SMILES string of the molecule is COc1nc(N)nc2c1ncn2[C@@H]1O[C@H](COP(=O)(NC(C)C(=O)OC2CCCCC2)N(OC2CCCC2)C(C)C=O)[C@@H](O)[C@@]1(C)O. The lowest BCUT2D eigenvalue weighted by atomic mass is 9.96. The minimum atomic E-state index is -4.39. The van der Waals surface area contributed by atoms with Crippen molar-refractivity contribution < 1.29 is 47.9 Å². The van der Waals surface area contributed by atoms with Gasteiger partial charge in [0, 0.05) is 0 Å². The van der Waals surface area contributed by atoms with Gasteiger partial charge in [-0.1, -0.05) is 24.1 Å². The number of nitrogens with one attached hydrogen (secondary N) is 1. The minimum absolute atomic E-state index is 0.107. The highest BCUT2D eigenvalue weighted by molar-refractivity contribution is 7.54. The van der Waals surface area contributed by atoms with Gasteiger partial charge in [-0.3, -0.25) is 18.8 Å². The number of aldehydes is 1. The molecule has 5 rings (SSSR count). The number of anilines is 1. The number of hydrogen-bond acceptors (Lipinski definition) is 14. The average molecular weight is 684 g/mol. The van der Waals surface area contributed by atoms with E-state index in [2.05, 4.69) is 20.0 Å². The quantitative estimate of drug-likeness (QED) is 0.0969. The maximum Gasteiger partial charge on any atom is 0.367 e. The molecular weight excluding hydrogens is 637 g/mol. The summed E-state index contributed by atoms with van der Waals surface area (Å²) >= 11 is 0. The first-order valence-electron chi connectivity index (χ1n) is 16.1. The Balaban J connectivity index is 1.39. The van der Waals surface area contributed by atoms with Gasteiger partial charge in [-0.25, -0.2) is 10.1 Å². The number of aliphatic hydroxyl groups excluding tert-OH is 1. The third kappa shape index (κ3) is 7.62. The molecule has 262 valence electrons. The van der Waals surface area contributed by atoms with Crippen LogP contribution >= 0.6 is 7.67 Å². The Morgan fingerprint density at radius 2 is 1.87 bits per heavy atom. The summed E-state index contributed by atoms with van der Waals surface area (Å²) in [5.41, 5.74) is 4.37. The van der Waals surface area contributed by atoms with Crippen molar-refractivity contribution in [2.75, 3.05) is 19.5 Å². The predicted octanol–water partition coefficient (Wildman–Crippen LogP) is 2.17. The van der Waals surface area contributed by atoms with Gasteiger partial charge in [0.1, 0.15) is 36.2 Å². The Kier molecular flexibility index (Phi) is 11.2. The lowest BCUT2D eigenvalue weighted by Crippen LogP contribution is -2.46. The first-order chi connectivity index (χ1) is 22.4. The van der Waals surface area contributed by atoms with Crippen molar-refractivity contribution >= 4 is 37.0 Å². The monoisotopic (exact) mass is 683 g/mol. The highest BCUT2D eigenvalue weighted by atomic mass is 31.2. The molecule has 3 fully saturated rings. The molecule has 7 atom stereocenters. The van der Waals surface area contributed by atoms with E-state index in [1.165, 1.54) is 38.8 Å². The summed E-state index contributed by atoms with van der Waals surface area (Å²) in [7, 11) is -2.99. The number of aromatic nitrogens is 4. The summed E-state index contributed by atoms with van der Waals surface area (Å²) in [4.78, 5) is 44.7. The van der Waals surface area contributed by atoms with Gasteiger partial charge >= 0.3 is 13.6 Å². The Labute approximate surface area is 273 Å². The number of esters is 1. The van der Waals surface area contributed by atoms with Crippen LogP contribution in [0, 0.1) is 0 Å². The van der Waals surface area contributed by atoms with Gasteiger partial charge in [-0.05, 0) is 59.3 Å². The van der Waals surface area contributed by atoms with Gasteiger partial charge in [0.25, 0.3) is 0 Å². The van der Waals surface area contributed by atoms with Crippen LogP contribution in [0.3, 0.4) is 0 Å². The topological polar surface area (TPSA) is 223 Å². The number of fused-ring (bicyclic) bond motifs is 1.